The van der Waals surface area contributed by atoms with Gasteiger partial charge in [0.05, 0.1) is 30.0 Å². The van der Waals surface area contributed by atoms with Crippen molar-refractivity contribution >= 4 is 28.4 Å². The number of nitrogens with zero attached hydrogens (tertiary/aromatic N) is 1. The van der Waals surface area contributed by atoms with Crippen molar-refractivity contribution in [3.8, 4) is 0 Å². The van der Waals surface area contributed by atoms with Crippen molar-refractivity contribution < 1.29 is 27.5 Å². The Labute approximate surface area is 198 Å². The molecule has 35 heavy (non-hydrogen) atoms. The first-order valence-electron chi connectivity index (χ1n) is 11.5. The predicted octanol–water partition coefficient (Wildman–Crippen LogP) is 3.83. The number of ether oxygens (including phenoxy) is 1. The molecule has 0 aliphatic carbocycles. The number of hydrogen-bond donors (Lipinski definition) is 2. The Morgan fingerprint density at radius 3 is 2.86 bits per heavy atom. The Balaban J connectivity index is 1.19. The molecule has 3 aliphatic heterocycles. The highest BCUT2D eigenvalue weighted by atomic mass is 19.4. The van der Waals surface area contributed by atoms with E-state index in [0.717, 1.165) is 28.6 Å². The van der Waals surface area contributed by atoms with Crippen molar-refractivity contribution in [2.24, 2.45) is 11.8 Å². The maximum atomic E-state index is 13.4. The zero-order valence-electron chi connectivity index (χ0n) is 18.5. The van der Waals surface area contributed by atoms with Gasteiger partial charge in [0.2, 0.25) is 11.8 Å². The lowest BCUT2D eigenvalue weighted by molar-refractivity contribution is -0.137. The quantitative estimate of drug-likeness (QED) is 0.544. The number of halogens is 3. The summed E-state index contributed by atoms with van der Waals surface area (Å²) >= 11 is 0. The van der Waals surface area contributed by atoms with Gasteiger partial charge in [0, 0.05) is 29.3 Å². The fraction of sp³-hybridized carbons (Fsp3) is 0.308. The van der Waals surface area contributed by atoms with Crippen LogP contribution in [-0.4, -0.2) is 41.6 Å². The number of fused-ring (bicyclic) bond motifs is 2. The topological polar surface area (TPSA) is 74.4 Å². The first-order valence-corrected chi connectivity index (χ1v) is 11.5. The maximum Gasteiger partial charge on any atom is 0.416 e. The van der Waals surface area contributed by atoms with Gasteiger partial charge in [-0.05, 0) is 36.2 Å². The molecule has 2 bridgehead atoms. The summed E-state index contributed by atoms with van der Waals surface area (Å²) < 4.78 is 45.7. The Kier molecular flexibility index (Phi) is 4.83. The molecule has 0 saturated carbocycles. The highest BCUT2D eigenvalue weighted by molar-refractivity contribution is 6.03. The summed E-state index contributed by atoms with van der Waals surface area (Å²) in [7, 11) is 0. The highest BCUT2D eigenvalue weighted by Crippen LogP contribution is 2.52. The van der Waals surface area contributed by atoms with Crippen molar-refractivity contribution in [2.45, 2.75) is 24.3 Å². The van der Waals surface area contributed by atoms with E-state index in [9.17, 15) is 22.8 Å². The molecule has 0 radical (unpaired) electrons. The van der Waals surface area contributed by atoms with Crippen LogP contribution in [0.1, 0.15) is 11.1 Å². The van der Waals surface area contributed by atoms with Gasteiger partial charge >= 0.3 is 6.18 Å². The summed E-state index contributed by atoms with van der Waals surface area (Å²) in [5.41, 5.74) is 0.412. The third kappa shape index (κ3) is 3.44. The number of hydrogen-bond acceptors (Lipinski definition) is 3. The summed E-state index contributed by atoms with van der Waals surface area (Å²) in [4.78, 5) is 31.1. The fourth-order valence-electron chi connectivity index (χ4n) is 5.64. The van der Waals surface area contributed by atoms with Crippen LogP contribution in [0.15, 0.2) is 66.9 Å². The molecular weight excluding hydrogens is 459 g/mol. The molecule has 180 valence electrons. The van der Waals surface area contributed by atoms with Crippen LogP contribution < -0.4 is 10.2 Å². The predicted molar refractivity (Wildman–Crippen MR) is 123 cm³/mol. The van der Waals surface area contributed by atoms with Gasteiger partial charge in [0.15, 0.2) is 0 Å². The molecule has 3 aromatic rings. The Morgan fingerprint density at radius 1 is 1.20 bits per heavy atom. The number of anilines is 1. The van der Waals surface area contributed by atoms with E-state index in [2.05, 4.69) is 10.3 Å². The molecule has 4 heterocycles. The minimum absolute atomic E-state index is 0.0733. The molecule has 2 amide bonds. The van der Waals surface area contributed by atoms with Crippen molar-refractivity contribution in [3.05, 3.63) is 78.0 Å². The van der Waals surface area contributed by atoms with Gasteiger partial charge in [-0.1, -0.05) is 36.4 Å². The largest absolute Gasteiger partial charge is 0.416 e. The number of amides is 2. The van der Waals surface area contributed by atoms with E-state index < -0.39 is 41.2 Å². The number of alkyl halides is 3. The van der Waals surface area contributed by atoms with Gasteiger partial charge < -0.3 is 19.9 Å². The maximum absolute atomic E-state index is 13.4. The van der Waals surface area contributed by atoms with Gasteiger partial charge in [-0.25, -0.2) is 0 Å². The average molecular weight is 481 g/mol. The minimum Gasteiger partial charge on any atom is -0.361 e. The lowest BCUT2D eigenvalue weighted by Gasteiger charge is -2.23. The summed E-state index contributed by atoms with van der Waals surface area (Å²) in [6.07, 6.45) is 1.05. The zero-order valence-corrected chi connectivity index (χ0v) is 18.5. The third-order valence-electron chi connectivity index (χ3n) is 7.26. The van der Waals surface area contributed by atoms with Gasteiger partial charge in [-0.3, -0.25) is 9.59 Å². The molecule has 2 saturated heterocycles. The molecule has 6 nitrogen and oxygen atoms in total. The molecule has 1 spiro atoms. The van der Waals surface area contributed by atoms with Gasteiger partial charge in [0.1, 0.15) is 5.60 Å². The Morgan fingerprint density at radius 2 is 2.03 bits per heavy atom. The fourth-order valence-corrected chi connectivity index (χ4v) is 5.64. The van der Waals surface area contributed by atoms with Crippen LogP contribution in [0.25, 0.3) is 10.9 Å². The number of benzene rings is 2. The van der Waals surface area contributed by atoms with Crippen molar-refractivity contribution in [1.82, 2.24) is 10.3 Å². The normalized spacial score (nSPS) is 27.1. The lowest BCUT2D eigenvalue weighted by atomic mass is 9.77. The number of carbonyl (C=O) groups excluding carboxylic acids is 2. The van der Waals surface area contributed by atoms with E-state index in [4.69, 9.17) is 4.74 Å². The second-order valence-corrected chi connectivity index (χ2v) is 9.27. The average Bonchev–Trinajstić information content (AvgIpc) is 3.59. The van der Waals surface area contributed by atoms with E-state index >= 15 is 0 Å². The van der Waals surface area contributed by atoms with E-state index in [1.54, 1.807) is 12.2 Å². The second kappa shape index (κ2) is 7.71. The van der Waals surface area contributed by atoms with E-state index in [0.29, 0.717) is 13.0 Å². The number of para-hydroxylation sites is 1. The van der Waals surface area contributed by atoms with E-state index in [1.807, 2.05) is 30.5 Å². The molecule has 9 heteroatoms. The zero-order chi connectivity index (χ0) is 24.4. The first kappa shape index (κ1) is 21.9. The van der Waals surface area contributed by atoms with Crippen LogP contribution in [0.4, 0.5) is 18.9 Å². The van der Waals surface area contributed by atoms with Crippen LogP contribution in [0, 0.1) is 11.8 Å². The molecule has 2 aromatic carbocycles. The first-order chi connectivity index (χ1) is 16.8. The Bertz CT molecular complexity index is 1360. The lowest BCUT2D eigenvalue weighted by Crippen LogP contribution is -2.44. The van der Waals surface area contributed by atoms with E-state index in [1.165, 1.54) is 17.0 Å². The molecule has 1 aromatic heterocycles. The second-order valence-electron chi connectivity index (χ2n) is 9.27. The monoisotopic (exact) mass is 481 g/mol. The molecule has 6 rings (SSSR count). The van der Waals surface area contributed by atoms with Gasteiger partial charge in [-0.15, -0.1) is 0 Å². The molecule has 4 atom stereocenters. The van der Waals surface area contributed by atoms with Crippen LogP contribution in [0.3, 0.4) is 0 Å². The van der Waals surface area contributed by atoms with Crippen LogP contribution >= 0.6 is 0 Å². The molecule has 3 aliphatic rings. The summed E-state index contributed by atoms with van der Waals surface area (Å²) in [6, 6.07) is 12.6. The van der Waals surface area contributed by atoms with Gasteiger partial charge in [0.25, 0.3) is 0 Å². The van der Waals surface area contributed by atoms with Crippen molar-refractivity contribution in [3.63, 3.8) is 0 Å². The highest BCUT2D eigenvalue weighted by Gasteiger charge is 2.67. The van der Waals surface area contributed by atoms with E-state index in [-0.39, 0.29) is 18.1 Å². The SMILES string of the molecule is O=C(NCCc1c[nH]c2ccccc12)[C@H]1[C@H]2C=C[C@]3(CN(c4cccc(C(F)(F)F)c4)C(=O)[C@@H]13)O2. The number of H-pyrrole nitrogens is 1. The number of carbonyl (C=O) groups is 2. The standard InChI is InChI=1S/C26H22F3N3O3/c27-26(28,29)16-4-3-5-17(12-16)32-14-25-10-8-20(35-25)21(22(25)24(32)34)23(33)30-11-9-15-13-31-19-7-2-1-6-18(15)19/h1-8,10,12-13,20-22,31H,9,11,14H2,(H,30,33)/t20-,21+,22-,25-/m1/s1. The van der Waals surface area contributed by atoms with Crippen LogP contribution in [0.2, 0.25) is 0 Å². The molecular formula is C26H22F3N3O3. The number of aromatic nitrogens is 1. The minimum atomic E-state index is -4.52. The number of rotatable bonds is 5. The number of aromatic amines is 1. The smallest absolute Gasteiger partial charge is 0.361 e. The summed E-state index contributed by atoms with van der Waals surface area (Å²) in [5.74, 6) is -2.19. The summed E-state index contributed by atoms with van der Waals surface area (Å²) in [6.45, 7) is 0.461. The number of nitrogens with one attached hydrogen (secondary N) is 2. The molecule has 0 unspecified atom stereocenters. The van der Waals surface area contributed by atoms with Crippen LogP contribution in [-0.2, 0) is 26.9 Å². The molecule has 2 N–H and O–H groups in total. The van der Waals surface area contributed by atoms with Crippen molar-refractivity contribution in [2.75, 3.05) is 18.0 Å². The third-order valence-corrected chi connectivity index (χ3v) is 7.26. The Hall–Kier alpha value is -3.59. The van der Waals surface area contributed by atoms with Crippen molar-refractivity contribution in [1.29, 1.82) is 0 Å². The van der Waals surface area contributed by atoms with Crippen LogP contribution in [0.5, 0.6) is 0 Å². The molecule has 2 fully saturated rings. The van der Waals surface area contributed by atoms with Gasteiger partial charge in [-0.2, -0.15) is 13.2 Å². The summed E-state index contributed by atoms with van der Waals surface area (Å²) in [5, 5.41) is 4.03.